The van der Waals surface area contributed by atoms with Crippen LogP contribution in [0.2, 0.25) is 0 Å². The maximum absolute atomic E-state index is 4.37. The van der Waals surface area contributed by atoms with Crippen LogP contribution < -0.4 is 5.32 Å². The predicted octanol–water partition coefficient (Wildman–Crippen LogP) is 3.08. The van der Waals surface area contributed by atoms with Gasteiger partial charge in [0.05, 0.1) is 24.6 Å². The van der Waals surface area contributed by atoms with E-state index in [9.17, 15) is 0 Å². The smallest absolute Gasteiger partial charge is 0.159 e. The molecule has 1 aromatic carbocycles. The van der Waals surface area contributed by atoms with E-state index >= 15 is 0 Å². The Bertz CT molecular complexity index is 615. The van der Waals surface area contributed by atoms with Crippen molar-refractivity contribution >= 4 is 5.69 Å². The molecule has 2 aromatic heterocycles. The molecule has 0 radical (unpaired) electrons. The molecule has 0 saturated heterocycles. The van der Waals surface area contributed by atoms with Crippen LogP contribution in [0.25, 0.3) is 11.4 Å². The number of aromatic nitrogens is 3. The first-order valence-corrected chi connectivity index (χ1v) is 6.15. The molecule has 0 aliphatic heterocycles. The molecule has 0 atom stereocenters. The standard InChI is InChI=1S/C15H14N4/c1-2-5-12(6-3-1)15-18-10-14(11-19-15)17-9-13-7-4-8-16-13/h1-8,10-11,16-17H,9H2. The van der Waals surface area contributed by atoms with Gasteiger partial charge >= 0.3 is 0 Å². The third-order valence-electron chi connectivity index (χ3n) is 2.83. The van der Waals surface area contributed by atoms with E-state index in [1.165, 1.54) is 0 Å². The summed E-state index contributed by atoms with van der Waals surface area (Å²) in [4.78, 5) is 11.9. The van der Waals surface area contributed by atoms with Gasteiger partial charge in [0, 0.05) is 17.5 Å². The highest BCUT2D eigenvalue weighted by molar-refractivity contribution is 5.55. The van der Waals surface area contributed by atoms with E-state index in [0.29, 0.717) is 0 Å². The highest BCUT2D eigenvalue weighted by atomic mass is 15.0. The lowest BCUT2D eigenvalue weighted by molar-refractivity contribution is 1.06. The van der Waals surface area contributed by atoms with E-state index < -0.39 is 0 Å². The van der Waals surface area contributed by atoms with Crippen LogP contribution in [0, 0.1) is 0 Å². The number of rotatable bonds is 4. The maximum atomic E-state index is 4.37. The Morgan fingerprint density at radius 2 is 1.74 bits per heavy atom. The van der Waals surface area contributed by atoms with Crippen molar-refractivity contribution in [1.82, 2.24) is 15.0 Å². The molecule has 0 fully saturated rings. The third-order valence-corrected chi connectivity index (χ3v) is 2.83. The Hall–Kier alpha value is -2.62. The first-order chi connectivity index (χ1) is 9.42. The van der Waals surface area contributed by atoms with E-state index in [-0.39, 0.29) is 0 Å². The molecular weight excluding hydrogens is 236 g/mol. The monoisotopic (exact) mass is 250 g/mol. The molecule has 0 amide bonds. The lowest BCUT2D eigenvalue weighted by atomic mass is 10.2. The van der Waals surface area contributed by atoms with Crippen molar-refractivity contribution < 1.29 is 0 Å². The molecule has 3 rings (SSSR count). The summed E-state index contributed by atoms with van der Waals surface area (Å²) in [7, 11) is 0. The van der Waals surface area contributed by atoms with Crippen molar-refractivity contribution in [3.63, 3.8) is 0 Å². The van der Waals surface area contributed by atoms with Crippen molar-refractivity contribution in [2.24, 2.45) is 0 Å². The van der Waals surface area contributed by atoms with E-state index in [1.807, 2.05) is 48.7 Å². The average Bonchev–Trinajstić information content (AvgIpc) is 3.00. The summed E-state index contributed by atoms with van der Waals surface area (Å²) in [5.41, 5.74) is 3.07. The summed E-state index contributed by atoms with van der Waals surface area (Å²) in [5.74, 6) is 0.742. The van der Waals surface area contributed by atoms with Crippen LogP contribution >= 0.6 is 0 Å². The second-order valence-electron chi connectivity index (χ2n) is 4.21. The Morgan fingerprint density at radius 3 is 2.42 bits per heavy atom. The number of nitrogens with zero attached hydrogens (tertiary/aromatic N) is 2. The number of H-pyrrole nitrogens is 1. The molecule has 2 heterocycles. The molecule has 0 aliphatic rings. The van der Waals surface area contributed by atoms with Crippen molar-refractivity contribution in [2.45, 2.75) is 6.54 Å². The van der Waals surface area contributed by atoms with Crippen molar-refractivity contribution in [1.29, 1.82) is 0 Å². The minimum absolute atomic E-state index is 0.737. The van der Waals surface area contributed by atoms with Gasteiger partial charge < -0.3 is 10.3 Å². The van der Waals surface area contributed by atoms with E-state index in [0.717, 1.165) is 29.3 Å². The number of benzene rings is 1. The van der Waals surface area contributed by atoms with Crippen molar-refractivity contribution in [3.8, 4) is 11.4 Å². The Labute approximate surface area is 111 Å². The fourth-order valence-electron chi connectivity index (χ4n) is 1.83. The largest absolute Gasteiger partial charge is 0.377 e. The quantitative estimate of drug-likeness (QED) is 0.748. The second-order valence-corrected chi connectivity index (χ2v) is 4.21. The molecule has 4 heteroatoms. The molecule has 2 N–H and O–H groups in total. The zero-order chi connectivity index (χ0) is 12.9. The van der Waals surface area contributed by atoms with Crippen molar-refractivity contribution in [3.05, 3.63) is 66.7 Å². The Kier molecular flexibility index (Phi) is 3.23. The van der Waals surface area contributed by atoms with E-state index in [4.69, 9.17) is 0 Å². The highest BCUT2D eigenvalue weighted by Crippen LogP contribution is 2.15. The van der Waals surface area contributed by atoms with Gasteiger partial charge in [0.15, 0.2) is 5.82 Å². The fraction of sp³-hybridized carbons (Fsp3) is 0.0667. The first-order valence-electron chi connectivity index (χ1n) is 6.15. The average molecular weight is 250 g/mol. The van der Waals surface area contributed by atoms with Gasteiger partial charge in [-0.3, -0.25) is 0 Å². The predicted molar refractivity (Wildman–Crippen MR) is 75.6 cm³/mol. The zero-order valence-electron chi connectivity index (χ0n) is 10.4. The van der Waals surface area contributed by atoms with Gasteiger partial charge in [-0.1, -0.05) is 30.3 Å². The van der Waals surface area contributed by atoms with Crippen LogP contribution in [-0.4, -0.2) is 15.0 Å². The molecule has 0 bridgehead atoms. The van der Waals surface area contributed by atoms with Gasteiger partial charge in [0.1, 0.15) is 0 Å². The summed E-state index contributed by atoms with van der Waals surface area (Å²) in [6.45, 7) is 0.737. The Balaban J connectivity index is 1.69. The normalized spacial score (nSPS) is 10.3. The number of hydrogen-bond acceptors (Lipinski definition) is 3. The summed E-state index contributed by atoms with van der Waals surface area (Å²) in [6.07, 6.45) is 5.52. The number of nitrogens with one attached hydrogen (secondary N) is 2. The minimum Gasteiger partial charge on any atom is -0.377 e. The maximum Gasteiger partial charge on any atom is 0.159 e. The fourth-order valence-corrected chi connectivity index (χ4v) is 1.83. The van der Waals surface area contributed by atoms with Gasteiger partial charge in [-0.25, -0.2) is 9.97 Å². The molecule has 94 valence electrons. The SMILES string of the molecule is c1ccc(-c2ncc(NCc3ccc[nH]3)cn2)cc1. The molecule has 0 saturated carbocycles. The number of aromatic amines is 1. The van der Waals surface area contributed by atoms with Crippen LogP contribution in [-0.2, 0) is 6.54 Å². The van der Waals surface area contributed by atoms with Gasteiger partial charge in [0.2, 0.25) is 0 Å². The van der Waals surface area contributed by atoms with E-state index in [1.54, 1.807) is 12.4 Å². The lowest BCUT2D eigenvalue weighted by Crippen LogP contribution is -2.01. The first kappa shape index (κ1) is 11.5. The molecule has 3 aromatic rings. The summed E-state index contributed by atoms with van der Waals surface area (Å²) in [6, 6.07) is 14.0. The number of hydrogen-bond donors (Lipinski definition) is 2. The van der Waals surface area contributed by atoms with Gasteiger partial charge in [0.25, 0.3) is 0 Å². The molecule has 19 heavy (non-hydrogen) atoms. The topological polar surface area (TPSA) is 53.6 Å². The van der Waals surface area contributed by atoms with Gasteiger partial charge in [-0.2, -0.15) is 0 Å². The van der Waals surface area contributed by atoms with Gasteiger partial charge in [-0.15, -0.1) is 0 Å². The number of anilines is 1. The van der Waals surface area contributed by atoms with Crippen LogP contribution in [0.3, 0.4) is 0 Å². The minimum atomic E-state index is 0.737. The molecular formula is C15H14N4. The van der Waals surface area contributed by atoms with Gasteiger partial charge in [-0.05, 0) is 12.1 Å². The summed E-state index contributed by atoms with van der Waals surface area (Å²) in [5, 5.41) is 3.27. The summed E-state index contributed by atoms with van der Waals surface area (Å²) < 4.78 is 0. The van der Waals surface area contributed by atoms with Crippen LogP contribution in [0.1, 0.15) is 5.69 Å². The van der Waals surface area contributed by atoms with Crippen LogP contribution in [0.4, 0.5) is 5.69 Å². The molecule has 4 nitrogen and oxygen atoms in total. The summed E-state index contributed by atoms with van der Waals surface area (Å²) >= 11 is 0. The van der Waals surface area contributed by atoms with Crippen molar-refractivity contribution in [2.75, 3.05) is 5.32 Å². The second kappa shape index (κ2) is 5.35. The molecule has 0 aliphatic carbocycles. The highest BCUT2D eigenvalue weighted by Gasteiger charge is 2.00. The Morgan fingerprint density at radius 1 is 0.947 bits per heavy atom. The third kappa shape index (κ3) is 2.80. The van der Waals surface area contributed by atoms with Crippen LogP contribution in [0.15, 0.2) is 61.1 Å². The molecule has 0 unspecified atom stereocenters. The zero-order valence-corrected chi connectivity index (χ0v) is 10.4. The van der Waals surface area contributed by atoms with E-state index in [2.05, 4.69) is 20.3 Å². The van der Waals surface area contributed by atoms with Crippen LogP contribution in [0.5, 0.6) is 0 Å². The lowest BCUT2D eigenvalue weighted by Gasteiger charge is -2.05. The molecule has 0 spiro atoms.